The first-order chi connectivity index (χ1) is 6.04. The van der Waals surface area contributed by atoms with E-state index in [1.54, 1.807) is 10.9 Å². The van der Waals surface area contributed by atoms with E-state index in [2.05, 4.69) is 4.98 Å². The second-order valence-corrected chi connectivity index (χ2v) is 3.14. The molecule has 3 N–H and O–H groups in total. The quantitative estimate of drug-likeness (QED) is 0.717. The number of rotatable bonds is 3. The fraction of sp³-hybridized carbons (Fsp3) is 0.500. The Morgan fingerprint density at radius 2 is 2.31 bits per heavy atom. The number of hydrogen-bond donors (Lipinski definition) is 2. The molecule has 1 rings (SSSR count). The lowest BCUT2D eigenvalue weighted by molar-refractivity contribution is -0.138. The van der Waals surface area contributed by atoms with E-state index in [1.807, 2.05) is 13.8 Å². The van der Waals surface area contributed by atoms with Crippen molar-refractivity contribution >= 4 is 5.97 Å². The van der Waals surface area contributed by atoms with Crippen LogP contribution < -0.4 is 5.73 Å². The van der Waals surface area contributed by atoms with E-state index < -0.39 is 12.0 Å². The Kier molecular flexibility index (Phi) is 2.67. The maximum atomic E-state index is 10.6. The second kappa shape index (κ2) is 3.57. The third kappa shape index (κ3) is 1.86. The smallest absolute Gasteiger partial charge is 0.326 e. The molecule has 13 heavy (non-hydrogen) atoms. The molecular weight excluding hydrogens is 170 g/mol. The van der Waals surface area contributed by atoms with Gasteiger partial charge in [0, 0.05) is 6.04 Å². The summed E-state index contributed by atoms with van der Waals surface area (Å²) in [5.41, 5.74) is 5.99. The van der Waals surface area contributed by atoms with Gasteiger partial charge in [0.2, 0.25) is 0 Å². The minimum absolute atomic E-state index is 0.169. The van der Waals surface area contributed by atoms with Crippen LogP contribution in [0.4, 0.5) is 0 Å². The number of nitrogens with two attached hydrogens (primary N) is 1. The van der Waals surface area contributed by atoms with Crippen LogP contribution in [-0.4, -0.2) is 20.6 Å². The fourth-order valence-corrected chi connectivity index (χ4v) is 1.11. The Labute approximate surface area is 76.2 Å². The normalized spacial score (nSPS) is 13.2. The van der Waals surface area contributed by atoms with Crippen molar-refractivity contribution in [3.8, 4) is 0 Å². The van der Waals surface area contributed by atoms with Gasteiger partial charge >= 0.3 is 5.97 Å². The zero-order valence-corrected chi connectivity index (χ0v) is 7.64. The van der Waals surface area contributed by atoms with Crippen molar-refractivity contribution in [3.63, 3.8) is 0 Å². The van der Waals surface area contributed by atoms with Crippen molar-refractivity contribution in [2.45, 2.75) is 25.9 Å². The van der Waals surface area contributed by atoms with Gasteiger partial charge in [0.25, 0.3) is 0 Å². The highest BCUT2D eigenvalue weighted by atomic mass is 16.4. The van der Waals surface area contributed by atoms with Gasteiger partial charge in [-0.15, -0.1) is 0 Å². The Morgan fingerprint density at radius 1 is 1.69 bits per heavy atom. The third-order valence-electron chi connectivity index (χ3n) is 1.84. The number of aromatic nitrogens is 2. The van der Waals surface area contributed by atoms with Crippen molar-refractivity contribution in [1.82, 2.24) is 9.55 Å². The van der Waals surface area contributed by atoms with E-state index in [0.717, 1.165) is 0 Å². The molecule has 72 valence electrons. The summed E-state index contributed by atoms with van der Waals surface area (Å²) in [5.74, 6) is -1.04. The van der Waals surface area contributed by atoms with Crippen LogP contribution in [0, 0.1) is 0 Å². The molecule has 0 saturated carbocycles. The molecule has 1 aromatic heterocycles. The second-order valence-electron chi connectivity index (χ2n) is 3.14. The van der Waals surface area contributed by atoms with Crippen LogP contribution >= 0.6 is 0 Å². The largest absolute Gasteiger partial charge is 0.480 e. The molecule has 1 atom stereocenters. The lowest BCUT2D eigenvalue weighted by atomic mass is 10.2. The highest BCUT2D eigenvalue weighted by Gasteiger charge is 2.19. The summed E-state index contributed by atoms with van der Waals surface area (Å²) >= 11 is 0. The van der Waals surface area contributed by atoms with Crippen molar-refractivity contribution in [2.24, 2.45) is 5.73 Å². The van der Waals surface area contributed by atoms with Crippen LogP contribution in [0.5, 0.6) is 0 Å². The summed E-state index contributed by atoms with van der Waals surface area (Å²) in [4.78, 5) is 14.5. The summed E-state index contributed by atoms with van der Waals surface area (Å²) in [7, 11) is 0. The summed E-state index contributed by atoms with van der Waals surface area (Å²) in [6.07, 6.45) is 3.07. The summed E-state index contributed by atoms with van der Waals surface area (Å²) in [6, 6.07) is -0.826. The zero-order chi connectivity index (χ0) is 10.0. The summed E-state index contributed by atoms with van der Waals surface area (Å²) < 4.78 is 1.75. The molecule has 1 unspecified atom stereocenters. The van der Waals surface area contributed by atoms with Gasteiger partial charge in [-0.05, 0) is 13.8 Å². The van der Waals surface area contributed by atoms with Crippen LogP contribution in [0.25, 0.3) is 0 Å². The Hall–Kier alpha value is -1.36. The average molecular weight is 183 g/mol. The molecule has 5 heteroatoms. The van der Waals surface area contributed by atoms with Crippen molar-refractivity contribution < 1.29 is 9.90 Å². The van der Waals surface area contributed by atoms with Gasteiger partial charge in [0.15, 0.2) is 0 Å². The molecule has 0 aliphatic carbocycles. The molecule has 1 heterocycles. The molecular formula is C8H13N3O2. The van der Waals surface area contributed by atoms with Crippen molar-refractivity contribution in [3.05, 3.63) is 18.2 Å². The van der Waals surface area contributed by atoms with Gasteiger partial charge in [0.1, 0.15) is 6.04 Å². The highest BCUT2D eigenvalue weighted by molar-refractivity contribution is 5.74. The molecule has 0 aliphatic heterocycles. The third-order valence-corrected chi connectivity index (χ3v) is 1.84. The number of aliphatic carboxylic acids is 1. The van der Waals surface area contributed by atoms with Gasteiger partial charge in [-0.3, -0.25) is 4.79 Å². The molecule has 0 spiro atoms. The van der Waals surface area contributed by atoms with E-state index >= 15 is 0 Å². The van der Waals surface area contributed by atoms with E-state index in [-0.39, 0.29) is 6.04 Å². The Bertz CT molecular complexity index is 306. The standard InChI is InChI=1S/C8H13N3O2/c1-5(2)11-4-10-3-6(11)7(9)8(12)13/h3-5,7H,9H2,1-2H3,(H,12,13). The predicted octanol–water partition coefficient (Wildman–Crippen LogP) is 0.548. The molecule has 0 amide bonds. The average Bonchev–Trinajstić information content (AvgIpc) is 2.50. The minimum Gasteiger partial charge on any atom is -0.480 e. The van der Waals surface area contributed by atoms with E-state index in [9.17, 15) is 4.79 Å². The summed E-state index contributed by atoms with van der Waals surface area (Å²) in [5, 5.41) is 8.69. The molecule has 0 aromatic carbocycles. The minimum atomic E-state index is -1.04. The summed E-state index contributed by atoms with van der Waals surface area (Å²) in [6.45, 7) is 3.89. The van der Waals surface area contributed by atoms with Gasteiger partial charge in [0.05, 0.1) is 18.2 Å². The van der Waals surface area contributed by atoms with Crippen LogP contribution in [0.15, 0.2) is 12.5 Å². The van der Waals surface area contributed by atoms with E-state index in [0.29, 0.717) is 5.69 Å². The van der Waals surface area contributed by atoms with Crippen LogP contribution in [-0.2, 0) is 4.79 Å². The lowest BCUT2D eigenvalue weighted by Crippen LogP contribution is -2.24. The Balaban J connectivity index is 3.00. The van der Waals surface area contributed by atoms with Gasteiger partial charge in [-0.25, -0.2) is 4.98 Å². The number of carboxylic acid groups (broad SMARTS) is 1. The first kappa shape index (κ1) is 9.73. The van der Waals surface area contributed by atoms with E-state index in [1.165, 1.54) is 6.20 Å². The first-order valence-electron chi connectivity index (χ1n) is 4.04. The van der Waals surface area contributed by atoms with Crippen molar-refractivity contribution in [2.75, 3.05) is 0 Å². The van der Waals surface area contributed by atoms with Crippen LogP contribution in [0.3, 0.4) is 0 Å². The highest BCUT2D eigenvalue weighted by Crippen LogP contribution is 2.14. The fourth-order valence-electron chi connectivity index (χ4n) is 1.11. The van der Waals surface area contributed by atoms with Crippen LogP contribution in [0.2, 0.25) is 0 Å². The number of imidazole rings is 1. The van der Waals surface area contributed by atoms with Gasteiger partial charge in [-0.1, -0.05) is 0 Å². The maximum absolute atomic E-state index is 10.6. The number of carboxylic acids is 1. The molecule has 0 bridgehead atoms. The number of carbonyl (C=O) groups is 1. The van der Waals surface area contributed by atoms with Crippen LogP contribution in [0.1, 0.15) is 31.6 Å². The van der Waals surface area contributed by atoms with Gasteiger partial charge < -0.3 is 15.4 Å². The lowest BCUT2D eigenvalue weighted by Gasteiger charge is -2.13. The maximum Gasteiger partial charge on any atom is 0.326 e. The predicted molar refractivity (Wildman–Crippen MR) is 47.2 cm³/mol. The number of nitrogens with zero attached hydrogens (tertiary/aromatic N) is 2. The monoisotopic (exact) mass is 183 g/mol. The van der Waals surface area contributed by atoms with E-state index in [4.69, 9.17) is 10.8 Å². The zero-order valence-electron chi connectivity index (χ0n) is 7.64. The molecule has 1 aromatic rings. The first-order valence-corrected chi connectivity index (χ1v) is 4.04. The van der Waals surface area contributed by atoms with Gasteiger partial charge in [-0.2, -0.15) is 0 Å². The molecule has 0 fully saturated rings. The Morgan fingerprint density at radius 3 is 2.77 bits per heavy atom. The van der Waals surface area contributed by atoms with Crippen molar-refractivity contribution in [1.29, 1.82) is 0 Å². The molecule has 5 nitrogen and oxygen atoms in total. The molecule has 0 radical (unpaired) electrons. The molecule has 0 aliphatic rings. The topological polar surface area (TPSA) is 81.1 Å². The number of hydrogen-bond acceptors (Lipinski definition) is 3. The molecule has 0 saturated heterocycles. The SMILES string of the molecule is CC(C)n1cncc1C(N)C(=O)O.